The van der Waals surface area contributed by atoms with Gasteiger partial charge in [-0.05, 0) is 30.5 Å². The molecule has 0 bridgehead atoms. The fourth-order valence-electron chi connectivity index (χ4n) is 2.34. The molecule has 0 radical (unpaired) electrons. The average Bonchev–Trinajstić information content (AvgIpc) is 2.43. The average molecular weight is 374 g/mol. The maximum atomic E-state index is 12.5. The highest BCUT2D eigenvalue weighted by Gasteiger charge is 2.39. The van der Waals surface area contributed by atoms with E-state index in [1.54, 1.807) is 13.8 Å². The van der Waals surface area contributed by atoms with Crippen molar-refractivity contribution in [3.05, 3.63) is 23.8 Å². The number of hydrogen-bond acceptors (Lipinski definition) is 4. The van der Waals surface area contributed by atoms with Crippen LogP contribution in [-0.4, -0.2) is 18.7 Å². The Balaban J connectivity index is 3.43. The van der Waals surface area contributed by atoms with E-state index < -0.39 is 35.8 Å². The summed E-state index contributed by atoms with van der Waals surface area (Å²) in [6.07, 6.45) is -10.1. The van der Waals surface area contributed by atoms with Crippen molar-refractivity contribution in [2.75, 3.05) is 0 Å². The number of hydrogen-bond donors (Lipinski definition) is 0. The predicted octanol–water partition coefficient (Wildman–Crippen LogP) is 5.06. The molecule has 0 aromatic heterocycles. The molecule has 0 saturated carbocycles. The summed E-state index contributed by atoms with van der Waals surface area (Å²) in [5.74, 6) is -3.02. The van der Waals surface area contributed by atoms with E-state index in [1.165, 1.54) is 0 Å². The summed E-state index contributed by atoms with van der Waals surface area (Å²) in [7, 11) is 0. The summed E-state index contributed by atoms with van der Waals surface area (Å²) in [5, 5.41) is 0. The highest BCUT2D eigenvalue weighted by atomic mass is 19.4. The van der Waals surface area contributed by atoms with Crippen molar-refractivity contribution < 1.29 is 45.3 Å². The third kappa shape index (κ3) is 6.02. The first-order valence-corrected chi connectivity index (χ1v) is 7.17. The monoisotopic (exact) mass is 374 g/mol. The molecule has 0 aliphatic rings. The van der Waals surface area contributed by atoms with Gasteiger partial charge in [0.15, 0.2) is 11.5 Å². The highest BCUT2D eigenvalue weighted by molar-refractivity contribution is 5.67. The van der Waals surface area contributed by atoms with Crippen LogP contribution in [0.3, 0.4) is 0 Å². The van der Waals surface area contributed by atoms with E-state index in [1.807, 2.05) is 0 Å². The normalized spacial score (nSPS) is 12.7. The zero-order chi connectivity index (χ0) is 19.5. The zero-order valence-corrected chi connectivity index (χ0v) is 13.5. The number of alkyl halides is 6. The summed E-state index contributed by atoms with van der Waals surface area (Å²) >= 11 is 0. The van der Waals surface area contributed by atoms with Crippen LogP contribution in [0.1, 0.15) is 39.2 Å². The molecule has 1 rings (SSSR count). The molecule has 0 aliphatic heterocycles. The minimum Gasteiger partial charge on any atom is -0.454 e. The van der Waals surface area contributed by atoms with E-state index in [0.717, 1.165) is 19.1 Å². The molecule has 0 heterocycles. The number of halogens is 6. The summed E-state index contributed by atoms with van der Waals surface area (Å²) in [6, 6.07) is 2.51. The summed E-state index contributed by atoms with van der Waals surface area (Å²) in [4.78, 5) is 11.3. The van der Waals surface area contributed by atoms with Crippen molar-refractivity contribution >= 4 is 5.97 Å². The molecule has 1 aromatic carbocycles. The van der Waals surface area contributed by atoms with Gasteiger partial charge in [0, 0.05) is 6.92 Å². The van der Waals surface area contributed by atoms with E-state index in [9.17, 15) is 31.1 Å². The standard InChI is InChI=1S/C15H16F6O4/c1-4-13(5-2,23-9(3)22)10-6-7-11(24-14(16,17)18)12(8-10)25-15(19,20)21/h6-8H,4-5H2,1-3H3. The zero-order valence-electron chi connectivity index (χ0n) is 13.5. The van der Waals surface area contributed by atoms with Gasteiger partial charge in [-0.1, -0.05) is 19.9 Å². The fourth-order valence-corrected chi connectivity index (χ4v) is 2.34. The maximum Gasteiger partial charge on any atom is 0.573 e. The lowest BCUT2D eigenvalue weighted by molar-refractivity contribution is -0.287. The number of carbonyl (C=O) groups excluding carboxylic acids is 1. The van der Waals surface area contributed by atoms with Crippen LogP contribution >= 0.6 is 0 Å². The second-order valence-electron chi connectivity index (χ2n) is 5.05. The molecule has 142 valence electrons. The first-order valence-electron chi connectivity index (χ1n) is 7.17. The van der Waals surface area contributed by atoms with E-state index in [0.29, 0.717) is 6.07 Å². The van der Waals surface area contributed by atoms with Gasteiger partial charge in [0.1, 0.15) is 5.60 Å². The number of ether oxygens (including phenoxy) is 3. The number of benzene rings is 1. The van der Waals surface area contributed by atoms with Crippen LogP contribution in [0, 0.1) is 0 Å². The third-order valence-electron chi connectivity index (χ3n) is 3.40. The van der Waals surface area contributed by atoms with Crippen LogP contribution in [0.15, 0.2) is 18.2 Å². The lowest BCUT2D eigenvalue weighted by atomic mass is 9.88. The van der Waals surface area contributed by atoms with Gasteiger partial charge in [-0.15, -0.1) is 26.3 Å². The van der Waals surface area contributed by atoms with Crippen molar-refractivity contribution in [2.45, 2.75) is 51.9 Å². The van der Waals surface area contributed by atoms with Gasteiger partial charge in [0.25, 0.3) is 0 Å². The number of esters is 1. The molecule has 0 fully saturated rings. The lowest BCUT2D eigenvalue weighted by Gasteiger charge is -2.32. The molecular formula is C15H16F6O4. The van der Waals surface area contributed by atoms with Crippen molar-refractivity contribution in [3.8, 4) is 11.5 Å². The third-order valence-corrected chi connectivity index (χ3v) is 3.40. The Hall–Kier alpha value is -2.13. The van der Waals surface area contributed by atoms with Crippen LogP contribution in [0.5, 0.6) is 11.5 Å². The topological polar surface area (TPSA) is 44.8 Å². The van der Waals surface area contributed by atoms with E-state index in [-0.39, 0.29) is 18.4 Å². The van der Waals surface area contributed by atoms with Gasteiger partial charge >= 0.3 is 18.7 Å². The molecule has 0 atom stereocenters. The summed E-state index contributed by atoms with van der Waals surface area (Å²) in [6.45, 7) is 4.36. The largest absolute Gasteiger partial charge is 0.573 e. The Bertz CT molecular complexity index is 605. The number of carbonyl (C=O) groups is 1. The lowest BCUT2D eigenvalue weighted by Crippen LogP contribution is -2.30. The first kappa shape index (κ1) is 20.9. The molecule has 4 nitrogen and oxygen atoms in total. The maximum absolute atomic E-state index is 12.5. The van der Waals surface area contributed by atoms with E-state index in [2.05, 4.69) is 9.47 Å². The molecule has 0 unspecified atom stereocenters. The van der Waals surface area contributed by atoms with Crippen molar-refractivity contribution in [3.63, 3.8) is 0 Å². The van der Waals surface area contributed by atoms with E-state index >= 15 is 0 Å². The second-order valence-corrected chi connectivity index (χ2v) is 5.05. The van der Waals surface area contributed by atoms with Crippen molar-refractivity contribution in [1.29, 1.82) is 0 Å². The van der Waals surface area contributed by atoms with Gasteiger partial charge in [0.05, 0.1) is 0 Å². The minimum atomic E-state index is -5.23. The number of rotatable bonds is 6. The Morgan fingerprint density at radius 2 is 1.40 bits per heavy atom. The molecule has 1 aromatic rings. The summed E-state index contributed by atoms with van der Waals surface area (Å²) < 4.78 is 87.0. The van der Waals surface area contributed by atoms with Crippen LogP contribution in [0.25, 0.3) is 0 Å². The molecule has 0 aliphatic carbocycles. The molecule has 0 amide bonds. The van der Waals surface area contributed by atoms with Crippen molar-refractivity contribution in [1.82, 2.24) is 0 Å². The Morgan fingerprint density at radius 1 is 0.920 bits per heavy atom. The SMILES string of the molecule is CCC(CC)(OC(C)=O)c1ccc(OC(F)(F)F)c(OC(F)(F)F)c1. The van der Waals surface area contributed by atoms with Crippen LogP contribution in [0.4, 0.5) is 26.3 Å². The molecule has 0 spiro atoms. The highest BCUT2D eigenvalue weighted by Crippen LogP contribution is 2.41. The van der Waals surface area contributed by atoms with Gasteiger partial charge < -0.3 is 14.2 Å². The molecule has 0 N–H and O–H groups in total. The van der Waals surface area contributed by atoms with Gasteiger partial charge in [-0.2, -0.15) is 0 Å². The van der Waals surface area contributed by atoms with Crippen LogP contribution in [-0.2, 0) is 15.1 Å². The molecular weight excluding hydrogens is 358 g/mol. The summed E-state index contributed by atoms with van der Waals surface area (Å²) in [5.41, 5.74) is -1.24. The van der Waals surface area contributed by atoms with Crippen LogP contribution < -0.4 is 9.47 Å². The smallest absolute Gasteiger partial charge is 0.454 e. The van der Waals surface area contributed by atoms with Crippen LogP contribution in [0.2, 0.25) is 0 Å². The molecule has 0 saturated heterocycles. The van der Waals surface area contributed by atoms with Gasteiger partial charge in [-0.3, -0.25) is 4.79 Å². The quantitative estimate of drug-likeness (QED) is 0.516. The minimum absolute atomic E-state index is 0.0569. The van der Waals surface area contributed by atoms with Crippen molar-refractivity contribution in [2.24, 2.45) is 0 Å². The van der Waals surface area contributed by atoms with Gasteiger partial charge in [-0.25, -0.2) is 0 Å². The first-order chi connectivity index (χ1) is 11.3. The van der Waals surface area contributed by atoms with Gasteiger partial charge in [0.2, 0.25) is 0 Å². The predicted molar refractivity (Wildman–Crippen MR) is 73.8 cm³/mol. The van der Waals surface area contributed by atoms with E-state index in [4.69, 9.17) is 4.74 Å². The molecule has 10 heteroatoms. The Morgan fingerprint density at radius 3 is 1.80 bits per heavy atom. The molecule has 25 heavy (non-hydrogen) atoms. The Kier molecular flexibility index (Phi) is 6.19. The second kappa shape index (κ2) is 7.40. The Labute approximate surface area is 139 Å². The fraction of sp³-hybridized carbons (Fsp3) is 0.533.